The summed E-state index contributed by atoms with van der Waals surface area (Å²) in [6.45, 7) is 0. The molecule has 1 aromatic carbocycles. The number of carbonyl (C=O) groups is 1. The number of carbonyl (C=O) groups excluding carboxylic acids is 1. The molecule has 1 aromatic rings. The van der Waals surface area contributed by atoms with Gasteiger partial charge in [-0.15, -0.1) is 0 Å². The topological polar surface area (TPSA) is 44.8 Å². The van der Waals surface area contributed by atoms with Gasteiger partial charge in [-0.05, 0) is 12.1 Å². The Hall–Kier alpha value is -1.97. The lowest BCUT2D eigenvalue weighted by atomic mass is 10.2. The molecular formula is C10H7O4. The van der Waals surface area contributed by atoms with E-state index in [9.17, 15) is 4.79 Å². The molecule has 0 unspecified atom stereocenters. The van der Waals surface area contributed by atoms with E-state index in [0.29, 0.717) is 17.1 Å². The Labute approximate surface area is 80.7 Å². The van der Waals surface area contributed by atoms with Gasteiger partial charge in [0.05, 0.1) is 12.7 Å². The van der Waals surface area contributed by atoms with Gasteiger partial charge in [0, 0.05) is 6.07 Å². The number of benzene rings is 1. The van der Waals surface area contributed by atoms with Crippen LogP contribution < -0.4 is 9.47 Å². The van der Waals surface area contributed by atoms with Crippen molar-refractivity contribution in [1.82, 2.24) is 0 Å². The monoisotopic (exact) mass is 191 g/mol. The summed E-state index contributed by atoms with van der Waals surface area (Å²) in [5.74, 6) is 0.460. The van der Waals surface area contributed by atoms with E-state index < -0.39 is 5.97 Å². The van der Waals surface area contributed by atoms with E-state index >= 15 is 0 Å². The van der Waals surface area contributed by atoms with Crippen molar-refractivity contribution in [1.29, 1.82) is 0 Å². The number of ether oxygens (including phenoxy) is 3. The number of rotatable bonds is 1. The zero-order chi connectivity index (χ0) is 9.97. The van der Waals surface area contributed by atoms with Crippen molar-refractivity contribution in [3.05, 3.63) is 36.3 Å². The molecule has 0 aliphatic carbocycles. The Kier molecular flexibility index (Phi) is 2.10. The van der Waals surface area contributed by atoms with Crippen molar-refractivity contribution in [3.8, 4) is 11.5 Å². The Morgan fingerprint density at radius 2 is 2.14 bits per heavy atom. The highest BCUT2D eigenvalue weighted by Gasteiger charge is 2.13. The Morgan fingerprint density at radius 1 is 1.36 bits per heavy atom. The van der Waals surface area contributed by atoms with Crippen LogP contribution in [0.2, 0.25) is 0 Å². The molecule has 0 atom stereocenters. The zero-order valence-corrected chi connectivity index (χ0v) is 7.44. The average Bonchev–Trinajstić information content (AvgIpc) is 2.27. The van der Waals surface area contributed by atoms with Gasteiger partial charge < -0.3 is 14.2 Å². The van der Waals surface area contributed by atoms with Crippen molar-refractivity contribution in [2.75, 3.05) is 7.11 Å². The molecule has 0 aromatic heterocycles. The Morgan fingerprint density at radius 3 is 2.93 bits per heavy atom. The maximum absolute atomic E-state index is 11.1. The van der Waals surface area contributed by atoms with Gasteiger partial charge in [-0.25, -0.2) is 4.79 Å². The summed E-state index contributed by atoms with van der Waals surface area (Å²) in [4.78, 5) is 11.1. The molecule has 0 bridgehead atoms. The molecule has 0 saturated carbocycles. The summed E-state index contributed by atoms with van der Waals surface area (Å²) in [6, 6.07) is 5.93. The van der Waals surface area contributed by atoms with E-state index in [1.54, 1.807) is 12.1 Å². The second-order valence-corrected chi connectivity index (χ2v) is 2.56. The quantitative estimate of drug-likeness (QED) is 0.631. The summed E-state index contributed by atoms with van der Waals surface area (Å²) in [7, 11) is 1.31. The predicted octanol–water partition coefficient (Wildman–Crippen LogP) is 1.52. The van der Waals surface area contributed by atoms with Crippen LogP contribution in [0.5, 0.6) is 11.5 Å². The number of hydrogen-bond acceptors (Lipinski definition) is 4. The SMILES string of the molecule is COC(=O)c1[c]c2c(cc1)OC=CO2. The molecule has 0 fully saturated rings. The smallest absolute Gasteiger partial charge is 0.338 e. The van der Waals surface area contributed by atoms with Crippen LogP contribution >= 0.6 is 0 Å². The largest absolute Gasteiger partial charge is 0.465 e. The molecule has 0 N–H and O–H groups in total. The average molecular weight is 191 g/mol. The molecule has 71 valence electrons. The summed E-state index contributed by atoms with van der Waals surface area (Å²) in [5.41, 5.74) is 0.310. The highest BCUT2D eigenvalue weighted by Crippen LogP contribution is 2.30. The minimum absolute atomic E-state index is 0.310. The van der Waals surface area contributed by atoms with Gasteiger partial charge in [-0.2, -0.15) is 0 Å². The first-order valence-electron chi connectivity index (χ1n) is 3.94. The normalized spacial score (nSPS) is 12.4. The fourth-order valence-corrected chi connectivity index (χ4v) is 1.07. The van der Waals surface area contributed by atoms with Gasteiger partial charge in [-0.3, -0.25) is 0 Å². The molecule has 1 aliphatic rings. The Bertz CT molecular complexity index is 395. The highest BCUT2D eigenvalue weighted by atomic mass is 16.5. The van der Waals surface area contributed by atoms with Crippen LogP contribution in [0.15, 0.2) is 24.7 Å². The second kappa shape index (κ2) is 3.41. The molecule has 1 radical (unpaired) electrons. The number of fused-ring (bicyclic) bond motifs is 1. The van der Waals surface area contributed by atoms with Gasteiger partial charge in [0.25, 0.3) is 0 Å². The van der Waals surface area contributed by atoms with Crippen molar-refractivity contribution < 1.29 is 19.0 Å². The fourth-order valence-electron chi connectivity index (χ4n) is 1.07. The van der Waals surface area contributed by atoms with E-state index in [4.69, 9.17) is 9.47 Å². The summed E-state index contributed by atoms with van der Waals surface area (Å²) in [6.07, 6.45) is 2.79. The number of esters is 1. The van der Waals surface area contributed by atoms with E-state index in [2.05, 4.69) is 10.8 Å². The van der Waals surface area contributed by atoms with Crippen molar-refractivity contribution in [2.24, 2.45) is 0 Å². The third kappa shape index (κ3) is 1.42. The molecule has 4 heteroatoms. The number of methoxy groups -OCH3 is 1. The third-order valence-electron chi connectivity index (χ3n) is 1.72. The first-order chi connectivity index (χ1) is 6.81. The van der Waals surface area contributed by atoms with Crippen molar-refractivity contribution in [3.63, 3.8) is 0 Å². The standard InChI is InChI=1S/C10H7O4/c1-12-10(11)7-2-3-8-9(6-7)14-5-4-13-8/h2-5H,1H3. The lowest BCUT2D eigenvalue weighted by Crippen LogP contribution is -2.03. The van der Waals surface area contributed by atoms with Gasteiger partial charge in [0.1, 0.15) is 12.5 Å². The first-order valence-corrected chi connectivity index (χ1v) is 3.94. The molecular weight excluding hydrogens is 184 g/mol. The highest BCUT2D eigenvalue weighted by molar-refractivity contribution is 5.89. The summed E-state index contributed by atoms with van der Waals surface area (Å²) in [5, 5.41) is 0. The van der Waals surface area contributed by atoms with Gasteiger partial charge in [-0.1, -0.05) is 0 Å². The fraction of sp³-hybridized carbons (Fsp3) is 0.100. The molecule has 4 nitrogen and oxygen atoms in total. The van der Waals surface area contributed by atoms with Crippen LogP contribution in [0, 0.1) is 6.07 Å². The van der Waals surface area contributed by atoms with E-state index in [1.165, 1.54) is 19.6 Å². The summed E-state index contributed by atoms with van der Waals surface area (Å²) >= 11 is 0. The van der Waals surface area contributed by atoms with E-state index in [-0.39, 0.29) is 0 Å². The van der Waals surface area contributed by atoms with Crippen LogP contribution in [0.25, 0.3) is 0 Å². The molecule has 0 saturated heterocycles. The van der Waals surface area contributed by atoms with E-state index in [0.717, 1.165) is 0 Å². The molecule has 1 heterocycles. The van der Waals surface area contributed by atoms with Crippen LogP contribution in [-0.2, 0) is 4.74 Å². The van der Waals surface area contributed by atoms with Gasteiger partial charge in [0.2, 0.25) is 0 Å². The molecule has 0 amide bonds. The molecule has 0 spiro atoms. The predicted molar refractivity (Wildman–Crippen MR) is 47.0 cm³/mol. The first kappa shape index (κ1) is 8.62. The maximum Gasteiger partial charge on any atom is 0.338 e. The van der Waals surface area contributed by atoms with Crippen LogP contribution in [-0.4, -0.2) is 13.1 Å². The number of hydrogen-bond donors (Lipinski definition) is 0. The zero-order valence-electron chi connectivity index (χ0n) is 7.44. The van der Waals surface area contributed by atoms with Gasteiger partial charge in [0.15, 0.2) is 11.5 Å². The maximum atomic E-state index is 11.1. The lowest BCUT2D eigenvalue weighted by molar-refractivity contribution is 0.0600. The molecule has 2 rings (SSSR count). The lowest BCUT2D eigenvalue weighted by Gasteiger charge is -2.11. The summed E-state index contributed by atoms with van der Waals surface area (Å²) < 4.78 is 14.7. The van der Waals surface area contributed by atoms with Crippen molar-refractivity contribution in [2.45, 2.75) is 0 Å². The van der Waals surface area contributed by atoms with Crippen LogP contribution in [0.4, 0.5) is 0 Å². The third-order valence-corrected chi connectivity index (χ3v) is 1.72. The second-order valence-electron chi connectivity index (χ2n) is 2.56. The molecule has 14 heavy (non-hydrogen) atoms. The Balaban J connectivity index is 2.36. The minimum Gasteiger partial charge on any atom is -0.465 e. The minimum atomic E-state index is -0.453. The van der Waals surface area contributed by atoms with Crippen LogP contribution in [0.3, 0.4) is 0 Å². The molecule has 1 aliphatic heterocycles. The van der Waals surface area contributed by atoms with Gasteiger partial charge >= 0.3 is 5.97 Å². The van der Waals surface area contributed by atoms with Crippen LogP contribution in [0.1, 0.15) is 10.4 Å². The van der Waals surface area contributed by atoms with Crippen molar-refractivity contribution >= 4 is 5.97 Å². The van der Waals surface area contributed by atoms with E-state index in [1.807, 2.05) is 0 Å².